The molecule has 0 radical (unpaired) electrons. The van der Waals surface area contributed by atoms with Gasteiger partial charge in [-0.1, -0.05) is 17.7 Å². The van der Waals surface area contributed by atoms with E-state index in [9.17, 15) is 12.8 Å². The summed E-state index contributed by atoms with van der Waals surface area (Å²) >= 11 is 6.10. The SMILES string of the molecule is CCn1ncc(S(=O)(=O)Nc2c(C)nn(Cc3c(F)cccc3Cl)c2C)c1C. The molecule has 28 heavy (non-hydrogen) atoms. The van der Waals surface area contributed by atoms with Crippen molar-refractivity contribution in [3.63, 3.8) is 0 Å². The second kappa shape index (κ2) is 7.56. The van der Waals surface area contributed by atoms with E-state index in [1.54, 1.807) is 31.5 Å². The zero-order valence-electron chi connectivity index (χ0n) is 16.0. The highest BCUT2D eigenvalue weighted by atomic mass is 35.5. The molecular weight excluding hydrogens is 405 g/mol. The van der Waals surface area contributed by atoms with Crippen molar-refractivity contribution >= 4 is 27.3 Å². The number of anilines is 1. The van der Waals surface area contributed by atoms with Gasteiger partial charge in [0, 0.05) is 17.1 Å². The van der Waals surface area contributed by atoms with Crippen molar-refractivity contribution in [3.8, 4) is 0 Å². The Morgan fingerprint density at radius 3 is 2.50 bits per heavy atom. The minimum Gasteiger partial charge on any atom is -0.276 e. The van der Waals surface area contributed by atoms with Gasteiger partial charge in [-0.25, -0.2) is 12.8 Å². The third kappa shape index (κ3) is 3.64. The number of hydrogen-bond donors (Lipinski definition) is 1. The molecule has 150 valence electrons. The molecular formula is C18H21ClFN5O2S. The van der Waals surface area contributed by atoms with E-state index in [-0.39, 0.29) is 16.5 Å². The number of nitrogens with one attached hydrogen (secondary N) is 1. The Morgan fingerprint density at radius 1 is 1.18 bits per heavy atom. The zero-order valence-corrected chi connectivity index (χ0v) is 17.6. The zero-order chi connectivity index (χ0) is 20.6. The molecule has 0 saturated heterocycles. The van der Waals surface area contributed by atoms with Crippen LogP contribution in [0.3, 0.4) is 0 Å². The predicted molar refractivity (Wildman–Crippen MR) is 106 cm³/mol. The van der Waals surface area contributed by atoms with Gasteiger partial charge in [0.1, 0.15) is 10.7 Å². The Hall–Kier alpha value is -2.39. The Morgan fingerprint density at radius 2 is 1.89 bits per heavy atom. The fourth-order valence-electron chi connectivity index (χ4n) is 3.03. The first kappa shape index (κ1) is 20.3. The van der Waals surface area contributed by atoms with Crippen molar-refractivity contribution in [1.82, 2.24) is 19.6 Å². The number of halogens is 2. The molecule has 0 bridgehead atoms. The maximum absolute atomic E-state index is 14.1. The number of hydrogen-bond acceptors (Lipinski definition) is 4. The first-order valence-corrected chi connectivity index (χ1v) is 10.5. The van der Waals surface area contributed by atoms with Crippen LogP contribution < -0.4 is 4.72 Å². The minimum atomic E-state index is -3.84. The van der Waals surface area contributed by atoms with Crippen LogP contribution in [0, 0.1) is 26.6 Å². The maximum atomic E-state index is 14.1. The third-order valence-electron chi connectivity index (χ3n) is 4.63. The molecule has 0 aliphatic carbocycles. The standard InChI is InChI=1S/C18H21ClFN5O2S/c1-5-24-12(3)17(9-21-24)28(26,27)23-18-11(2)22-25(13(18)4)10-14-15(19)7-6-8-16(14)20/h6-9,23H,5,10H2,1-4H3. The number of sulfonamides is 1. The van der Waals surface area contributed by atoms with Gasteiger partial charge in [0.05, 0.1) is 35.5 Å². The molecule has 0 atom stereocenters. The van der Waals surface area contributed by atoms with E-state index in [1.165, 1.54) is 23.0 Å². The van der Waals surface area contributed by atoms with Gasteiger partial charge in [-0.05, 0) is 39.8 Å². The molecule has 0 aliphatic heterocycles. The summed E-state index contributed by atoms with van der Waals surface area (Å²) in [7, 11) is -3.84. The summed E-state index contributed by atoms with van der Waals surface area (Å²) in [6.07, 6.45) is 1.33. The molecule has 1 aromatic carbocycles. The van der Waals surface area contributed by atoms with Gasteiger partial charge in [0.2, 0.25) is 0 Å². The third-order valence-corrected chi connectivity index (χ3v) is 6.44. The van der Waals surface area contributed by atoms with E-state index in [4.69, 9.17) is 11.6 Å². The second-order valence-corrected chi connectivity index (χ2v) is 8.48. The average Bonchev–Trinajstić information content (AvgIpc) is 3.13. The van der Waals surface area contributed by atoms with E-state index in [1.807, 2.05) is 6.92 Å². The summed E-state index contributed by atoms with van der Waals surface area (Å²) in [5, 5.41) is 8.73. The van der Waals surface area contributed by atoms with Crippen molar-refractivity contribution in [3.05, 3.63) is 57.9 Å². The maximum Gasteiger partial charge on any atom is 0.265 e. The first-order chi connectivity index (χ1) is 13.2. The van der Waals surface area contributed by atoms with Crippen molar-refractivity contribution < 1.29 is 12.8 Å². The number of aromatic nitrogens is 4. The molecule has 0 unspecified atom stereocenters. The van der Waals surface area contributed by atoms with Crippen molar-refractivity contribution in [2.24, 2.45) is 0 Å². The number of rotatable bonds is 6. The summed E-state index contributed by atoms with van der Waals surface area (Å²) in [4.78, 5) is 0.109. The molecule has 0 amide bonds. The Balaban J connectivity index is 1.95. The van der Waals surface area contributed by atoms with Gasteiger partial charge in [0.25, 0.3) is 10.0 Å². The quantitative estimate of drug-likeness (QED) is 0.653. The van der Waals surface area contributed by atoms with Gasteiger partial charge in [-0.2, -0.15) is 10.2 Å². The van der Waals surface area contributed by atoms with Gasteiger partial charge in [0.15, 0.2) is 0 Å². The van der Waals surface area contributed by atoms with Crippen LogP contribution >= 0.6 is 11.6 Å². The van der Waals surface area contributed by atoms with Crippen LogP contribution in [0.5, 0.6) is 0 Å². The van der Waals surface area contributed by atoms with Gasteiger partial charge < -0.3 is 0 Å². The normalized spacial score (nSPS) is 11.8. The number of nitrogens with zero attached hydrogens (tertiary/aromatic N) is 4. The van der Waals surface area contributed by atoms with Gasteiger partial charge >= 0.3 is 0 Å². The minimum absolute atomic E-state index is 0.0900. The van der Waals surface area contributed by atoms with Gasteiger partial charge in [-0.3, -0.25) is 14.1 Å². The molecule has 10 heteroatoms. The molecule has 0 aliphatic rings. The highest BCUT2D eigenvalue weighted by Crippen LogP contribution is 2.27. The van der Waals surface area contributed by atoms with Crippen LogP contribution in [-0.4, -0.2) is 28.0 Å². The molecule has 7 nitrogen and oxygen atoms in total. The highest BCUT2D eigenvalue weighted by Gasteiger charge is 2.24. The van der Waals surface area contributed by atoms with Crippen LogP contribution in [0.4, 0.5) is 10.1 Å². The van der Waals surface area contributed by atoms with E-state index >= 15 is 0 Å². The first-order valence-electron chi connectivity index (χ1n) is 8.67. The molecule has 0 spiro atoms. The van der Waals surface area contributed by atoms with Crippen LogP contribution in [0.1, 0.15) is 29.6 Å². The lowest BCUT2D eigenvalue weighted by Gasteiger charge is -2.10. The molecule has 0 saturated carbocycles. The van der Waals surface area contributed by atoms with E-state index in [0.717, 1.165) is 0 Å². The fraction of sp³-hybridized carbons (Fsp3) is 0.333. The summed E-state index contributed by atoms with van der Waals surface area (Å²) in [5.41, 5.74) is 2.24. The van der Waals surface area contributed by atoms with Crippen molar-refractivity contribution in [2.45, 2.75) is 45.7 Å². The Kier molecular flexibility index (Phi) is 5.49. The molecule has 2 aromatic heterocycles. The summed E-state index contributed by atoms with van der Waals surface area (Å²) in [6, 6.07) is 4.45. The van der Waals surface area contributed by atoms with E-state index in [2.05, 4.69) is 14.9 Å². The van der Waals surface area contributed by atoms with Crippen LogP contribution in [0.25, 0.3) is 0 Å². The molecule has 0 fully saturated rings. The van der Waals surface area contributed by atoms with Crippen molar-refractivity contribution in [1.29, 1.82) is 0 Å². The molecule has 2 heterocycles. The predicted octanol–water partition coefficient (Wildman–Crippen LogP) is 3.67. The number of benzene rings is 1. The smallest absolute Gasteiger partial charge is 0.265 e. The Labute approximate surface area is 168 Å². The topological polar surface area (TPSA) is 81.8 Å². The lowest BCUT2D eigenvalue weighted by Crippen LogP contribution is -2.15. The summed E-state index contributed by atoms with van der Waals surface area (Å²) in [6.45, 7) is 7.65. The fourth-order valence-corrected chi connectivity index (χ4v) is 4.61. The Bertz CT molecular complexity index is 1120. The molecule has 1 N–H and O–H groups in total. The molecule has 3 rings (SSSR count). The lowest BCUT2D eigenvalue weighted by atomic mass is 10.2. The van der Waals surface area contributed by atoms with E-state index in [0.29, 0.717) is 34.9 Å². The van der Waals surface area contributed by atoms with E-state index < -0.39 is 15.8 Å². The lowest BCUT2D eigenvalue weighted by molar-refractivity contribution is 0.579. The summed E-state index contributed by atoms with van der Waals surface area (Å²) in [5.74, 6) is -0.440. The second-order valence-electron chi connectivity index (χ2n) is 6.42. The average molecular weight is 426 g/mol. The monoisotopic (exact) mass is 425 g/mol. The largest absolute Gasteiger partial charge is 0.276 e. The highest BCUT2D eigenvalue weighted by molar-refractivity contribution is 7.92. The summed E-state index contributed by atoms with van der Waals surface area (Å²) < 4.78 is 45.5. The van der Waals surface area contributed by atoms with Crippen LogP contribution in [0.15, 0.2) is 29.3 Å². The van der Waals surface area contributed by atoms with Crippen LogP contribution in [0.2, 0.25) is 5.02 Å². The van der Waals surface area contributed by atoms with Gasteiger partial charge in [-0.15, -0.1) is 0 Å². The number of aryl methyl sites for hydroxylation is 2. The van der Waals surface area contributed by atoms with Crippen molar-refractivity contribution in [2.75, 3.05) is 4.72 Å². The molecule has 3 aromatic rings. The van der Waals surface area contributed by atoms with Crippen LogP contribution in [-0.2, 0) is 23.1 Å².